The van der Waals surface area contributed by atoms with Gasteiger partial charge in [-0.3, -0.25) is 4.79 Å². The number of rotatable bonds is 2. The first-order valence-corrected chi connectivity index (χ1v) is 5.64. The van der Waals surface area contributed by atoms with Crippen LogP contribution in [0.1, 0.15) is 12.5 Å². The van der Waals surface area contributed by atoms with E-state index in [0.29, 0.717) is 0 Å². The zero-order chi connectivity index (χ0) is 13.0. The summed E-state index contributed by atoms with van der Waals surface area (Å²) in [5, 5.41) is 2.74. The van der Waals surface area contributed by atoms with Crippen molar-refractivity contribution in [3.63, 3.8) is 0 Å². The molecule has 0 bridgehead atoms. The fourth-order valence-corrected chi connectivity index (χ4v) is 1.71. The summed E-state index contributed by atoms with van der Waals surface area (Å²) in [4.78, 5) is 10.9. The number of anilines is 1. The largest absolute Gasteiger partial charge is 0.326 e. The third kappa shape index (κ3) is 2.78. The first kappa shape index (κ1) is 11.9. The standard InChI is InChI=1S/C16H13NO/c1-3-13-4-6-14(7-5-13)15-8-10-16(11-9-15)17-12(2)18/h1,4-11H,2H3,(H,17,18). The molecule has 0 fully saturated rings. The van der Waals surface area contributed by atoms with Crippen molar-refractivity contribution in [1.29, 1.82) is 0 Å². The Kier molecular flexibility index (Phi) is 3.45. The van der Waals surface area contributed by atoms with E-state index in [1.54, 1.807) is 0 Å². The highest BCUT2D eigenvalue weighted by Crippen LogP contribution is 2.21. The number of hydrogen-bond acceptors (Lipinski definition) is 1. The maximum Gasteiger partial charge on any atom is 0.221 e. The molecule has 18 heavy (non-hydrogen) atoms. The minimum absolute atomic E-state index is 0.0684. The Morgan fingerprint density at radius 2 is 1.50 bits per heavy atom. The van der Waals surface area contributed by atoms with Gasteiger partial charge in [0.1, 0.15) is 0 Å². The first-order chi connectivity index (χ1) is 8.69. The monoisotopic (exact) mass is 235 g/mol. The molecule has 2 aromatic rings. The van der Waals surface area contributed by atoms with Crippen molar-refractivity contribution in [1.82, 2.24) is 0 Å². The van der Waals surface area contributed by atoms with Crippen LogP contribution in [0.5, 0.6) is 0 Å². The van der Waals surface area contributed by atoms with Gasteiger partial charge in [0.2, 0.25) is 5.91 Å². The number of amides is 1. The van der Waals surface area contributed by atoms with E-state index in [1.807, 2.05) is 48.5 Å². The molecule has 0 radical (unpaired) electrons. The molecule has 0 spiro atoms. The minimum atomic E-state index is -0.0684. The van der Waals surface area contributed by atoms with E-state index in [0.717, 1.165) is 22.4 Å². The lowest BCUT2D eigenvalue weighted by Gasteiger charge is -2.05. The van der Waals surface area contributed by atoms with Gasteiger partial charge in [-0.25, -0.2) is 0 Å². The molecule has 0 saturated heterocycles. The molecular weight excluding hydrogens is 222 g/mol. The van der Waals surface area contributed by atoms with E-state index in [4.69, 9.17) is 6.42 Å². The van der Waals surface area contributed by atoms with Gasteiger partial charge in [0.05, 0.1) is 0 Å². The van der Waals surface area contributed by atoms with E-state index in [9.17, 15) is 4.79 Å². The van der Waals surface area contributed by atoms with E-state index >= 15 is 0 Å². The SMILES string of the molecule is C#Cc1ccc(-c2ccc(NC(C)=O)cc2)cc1. The zero-order valence-corrected chi connectivity index (χ0v) is 10.1. The number of hydrogen-bond donors (Lipinski definition) is 1. The highest BCUT2D eigenvalue weighted by molar-refractivity contribution is 5.89. The molecule has 0 atom stereocenters. The second kappa shape index (κ2) is 5.20. The third-order valence-electron chi connectivity index (χ3n) is 2.59. The Hall–Kier alpha value is -2.53. The minimum Gasteiger partial charge on any atom is -0.326 e. The third-order valence-corrected chi connectivity index (χ3v) is 2.59. The Labute approximate surface area is 107 Å². The van der Waals surface area contributed by atoms with Gasteiger partial charge in [-0.2, -0.15) is 0 Å². The molecule has 1 amide bonds. The second-order valence-corrected chi connectivity index (χ2v) is 3.98. The van der Waals surface area contributed by atoms with Gasteiger partial charge in [0, 0.05) is 18.2 Å². The lowest BCUT2D eigenvalue weighted by atomic mass is 10.0. The summed E-state index contributed by atoms with van der Waals surface area (Å²) in [6.45, 7) is 1.49. The van der Waals surface area contributed by atoms with Crippen LogP contribution in [0, 0.1) is 12.3 Å². The van der Waals surface area contributed by atoms with Gasteiger partial charge < -0.3 is 5.32 Å². The molecule has 2 heteroatoms. The van der Waals surface area contributed by atoms with Crippen LogP contribution in [-0.2, 0) is 4.79 Å². The van der Waals surface area contributed by atoms with Gasteiger partial charge in [-0.15, -0.1) is 6.42 Å². The van der Waals surface area contributed by atoms with Crippen molar-refractivity contribution in [2.45, 2.75) is 6.92 Å². The number of terminal acetylenes is 1. The lowest BCUT2D eigenvalue weighted by Crippen LogP contribution is -2.05. The number of nitrogens with one attached hydrogen (secondary N) is 1. The fourth-order valence-electron chi connectivity index (χ4n) is 1.71. The Morgan fingerprint density at radius 1 is 1.00 bits per heavy atom. The molecule has 2 rings (SSSR count). The van der Waals surface area contributed by atoms with Crippen molar-refractivity contribution in [2.75, 3.05) is 5.32 Å². The molecule has 0 aliphatic heterocycles. The molecule has 0 saturated carbocycles. The normalized spacial score (nSPS) is 9.56. The molecule has 1 N–H and O–H groups in total. The van der Waals surface area contributed by atoms with Gasteiger partial charge in [-0.05, 0) is 35.4 Å². The molecule has 0 aliphatic rings. The smallest absolute Gasteiger partial charge is 0.221 e. The van der Waals surface area contributed by atoms with Crippen LogP contribution < -0.4 is 5.32 Å². The molecule has 0 unspecified atom stereocenters. The summed E-state index contributed by atoms with van der Waals surface area (Å²) < 4.78 is 0. The van der Waals surface area contributed by atoms with Crippen molar-refractivity contribution < 1.29 is 4.79 Å². The molecule has 0 aromatic heterocycles. The molecule has 2 nitrogen and oxygen atoms in total. The van der Waals surface area contributed by atoms with Crippen LogP contribution in [0.2, 0.25) is 0 Å². The summed E-state index contributed by atoms with van der Waals surface area (Å²) in [5.41, 5.74) is 3.86. The summed E-state index contributed by atoms with van der Waals surface area (Å²) in [5.74, 6) is 2.52. The average Bonchev–Trinajstić information content (AvgIpc) is 2.39. The van der Waals surface area contributed by atoms with Crippen LogP contribution in [-0.4, -0.2) is 5.91 Å². The Bertz CT molecular complexity index is 588. The predicted octanol–water partition coefficient (Wildman–Crippen LogP) is 3.29. The Morgan fingerprint density at radius 3 is 1.94 bits per heavy atom. The highest BCUT2D eigenvalue weighted by Gasteiger charge is 1.99. The zero-order valence-electron chi connectivity index (χ0n) is 10.1. The van der Waals surface area contributed by atoms with Crippen LogP contribution in [0.4, 0.5) is 5.69 Å². The molecular formula is C16H13NO. The van der Waals surface area contributed by atoms with Crippen molar-refractivity contribution in [2.24, 2.45) is 0 Å². The number of carbonyl (C=O) groups is 1. The second-order valence-electron chi connectivity index (χ2n) is 3.98. The van der Waals surface area contributed by atoms with E-state index < -0.39 is 0 Å². The highest BCUT2D eigenvalue weighted by atomic mass is 16.1. The van der Waals surface area contributed by atoms with Gasteiger partial charge in [-0.1, -0.05) is 30.2 Å². The van der Waals surface area contributed by atoms with Crippen molar-refractivity contribution in [3.8, 4) is 23.5 Å². The van der Waals surface area contributed by atoms with E-state index in [1.165, 1.54) is 6.92 Å². The molecule has 0 heterocycles. The van der Waals surface area contributed by atoms with Crippen molar-refractivity contribution in [3.05, 3.63) is 54.1 Å². The van der Waals surface area contributed by atoms with E-state index in [2.05, 4.69) is 11.2 Å². The molecule has 88 valence electrons. The van der Waals surface area contributed by atoms with Crippen molar-refractivity contribution >= 4 is 11.6 Å². The van der Waals surface area contributed by atoms with Crippen LogP contribution in [0.3, 0.4) is 0 Å². The van der Waals surface area contributed by atoms with Crippen LogP contribution in [0.15, 0.2) is 48.5 Å². The molecule has 0 aliphatic carbocycles. The predicted molar refractivity (Wildman–Crippen MR) is 74.1 cm³/mol. The fraction of sp³-hybridized carbons (Fsp3) is 0.0625. The number of benzene rings is 2. The maximum absolute atomic E-state index is 10.9. The summed E-state index contributed by atoms with van der Waals surface area (Å²) >= 11 is 0. The first-order valence-electron chi connectivity index (χ1n) is 5.64. The van der Waals surface area contributed by atoms with E-state index in [-0.39, 0.29) is 5.91 Å². The lowest BCUT2D eigenvalue weighted by molar-refractivity contribution is -0.114. The Balaban J connectivity index is 2.23. The summed E-state index contributed by atoms with van der Waals surface area (Å²) in [6.07, 6.45) is 5.31. The quantitative estimate of drug-likeness (QED) is 0.795. The van der Waals surface area contributed by atoms with Gasteiger partial charge in [0.15, 0.2) is 0 Å². The van der Waals surface area contributed by atoms with Gasteiger partial charge in [0.25, 0.3) is 0 Å². The number of carbonyl (C=O) groups excluding carboxylic acids is 1. The van der Waals surface area contributed by atoms with Gasteiger partial charge >= 0.3 is 0 Å². The summed E-state index contributed by atoms with van der Waals surface area (Å²) in [6, 6.07) is 15.5. The van der Waals surface area contributed by atoms with Crippen LogP contribution >= 0.6 is 0 Å². The van der Waals surface area contributed by atoms with Crippen LogP contribution in [0.25, 0.3) is 11.1 Å². The maximum atomic E-state index is 10.9. The summed E-state index contributed by atoms with van der Waals surface area (Å²) in [7, 11) is 0. The molecule has 2 aromatic carbocycles. The average molecular weight is 235 g/mol. The topological polar surface area (TPSA) is 29.1 Å².